The van der Waals surface area contributed by atoms with E-state index in [1.54, 1.807) is 12.1 Å². The lowest BCUT2D eigenvalue weighted by Gasteiger charge is -2.21. The number of ketones is 1. The second kappa shape index (κ2) is 8.53. The molecule has 0 aliphatic heterocycles. The first-order valence-electron chi connectivity index (χ1n) is 8.00. The standard InChI is InChI=1S/C20H22F2N2O/c1-23(2)11-12-24(3)18-6-4-5-16(14-18)20(25)10-7-15-13-17(21)8-9-19(15)22/h4-10,13-14H,11-12H2,1-3H3. The van der Waals surface area contributed by atoms with Crippen molar-refractivity contribution in [2.45, 2.75) is 0 Å². The molecular weight excluding hydrogens is 322 g/mol. The summed E-state index contributed by atoms with van der Waals surface area (Å²) in [5.41, 5.74) is 1.48. The number of likely N-dealkylation sites (N-methyl/N-ethyl adjacent to an activating group) is 2. The van der Waals surface area contributed by atoms with E-state index in [4.69, 9.17) is 0 Å². The van der Waals surface area contributed by atoms with Gasteiger partial charge in [-0.05, 0) is 56.6 Å². The van der Waals surface area contributed by atoms with Crippen molar-refractivity contribution >= 4 is 17.5 Å². The van der Waals surface area contributed by atoms with Crippen LogP contribution in [-0.2, 0) is 0 Å². The van der Waals surface area contributed by atoms with Crippen LogP contribution in [0.4, 0.5) is 14.5 Å². The summed E-state index contributed by atoms with van der Waals surface area (Å²) in [6, 6.07) is 10.4. The van der Waals surface area contributed by atoms with Crippen LogP contribution >= 0.6 is 0 Å². The van der Waals surface area contributed by atoms with Crippen molar-refractivity contribution < 1.29 is 13.6 Å². The quantitative estimate of drug-likeness (QED) is 0.563. The van der Waals surface area contributed by atoms with E-state index < -0.39 is 11.6 Å². The molecule has 0 amide bonds. The summed E-state index contributed by atoms with van der Waals surface area (Å²) in [5, 5.41) is 0. The summed E-state index contributed by atoms with van der Waals surface area (Å²) in [4.78, 5) is 16.5. The first kappa shape index (κ1) is 18.8. The van der Waals surface area contributed by atoms with Crippen molar-refractivity contribution in [2.75, 3.05) is 39.1 Å². The van der Waals surface area contributed by atoms with Crippen LogP contribution in [0.5, 0.6) is 0 Å². The van der Waals surface area contributed by atoms with E-state index in [0.717, 1.165) is 37.0 Å². The fourth-order valence-corrected chi connectivity index (χ4v) is 2.28. The molecule has 132 valence electrons. The van der Waals surface area contributed by atoms with Crippen molar-refractivity contribution in [3.63, 3.8) is 0 Å². The number of rotatable bonds is 7. The highest BCUT2D eigenvalue weighted by Crippen LogP contribution is 2.17. The zero-order valence-corrected chi connectivity index (χ0v) is 14.7. The van der Waals surface area contributed by atoms with E-state index in [-0.39, 0.29) is 11.3 Å². The first-order valence-corrected chi connectivity index (χ1v) is 8.00. The van der Waals surface area contributed by atoms with Crippen molar-refractivity contribution in [1.29, 1.82) is 0 Å². The van der Waals surface area contributed by atoms with Gasteiger partial charge in [-0.2, -0.15) is 0 Å². The summed E-state index contributed by atoms with van der Waals surface area (Å²) in [7, 11) is 5.97. The zero-order valence-electron chi connectivity index (χ0n) is 14.7. The molecule has 0 saturated carbocycles. The van der Waals surface area contributed by atoms with E-state index in [1.807, 2.05) is 33.3 Å². The molecule has 2 aromatic rings. The number of carbonyl (C=O) groups excluding carboxylic acids is 1. The molecule has 0 aliphatic carbocycles. The lowest BCUT2D eigenvalue weighted by Crippen LogP contribution is -2.28. The Labute approximate surface area is 147 Å². The van der Waals surface area contributed by atoms with Gasteiger partial charge >= 0.3 is 0 Å². The molecule has 3 nitrogen and oxygen atoms in total. The van der Waals surface area contributed by atoms with E-state index in [9.17, 15) is 13.6 Å². The average molecular weight is 344 g/mol. The van der Waals surface area contributed by atoms with Crippen LogP contribution in [-0.4, -0.2) is 44.9 Å². The highest BCUT2D eigenvalue weighted by Gasteiger charge is 2.07. The fraction of sp³-hybridized carbons (Fsp3) is 0.250. The summed E-state index contributed by atoms with van der Waals surface area (Å²) in [5.74, 6) is -1.37. The molecule has 2 rings (SSSR count). The largest absolute Gasteiger partial charge is 0.373 e. The Morgan fingerprint density at radius 2 is 1.80 bits per heavy atom. The van der Waals surface area contributed by atoms with Gasteiger partial charge in [-0.1, -0.05) is 12.1 Å². The Balaban J connectivity index is 2.13. The number of benzene rings is 2. The van der Waals surface area contributed by atoms with Gasteiger partial charge in [-0.25, -0.2) is 8.78 Å². The number of allylic oxidation sites excluding steroid dienone is 1. The van der Waals surface area contributed by atoms with Gasteiger partial charge in [-0.3, -0.25) is 4.79 Å². The van der Waals surface area contributed by atoms with E-state index in [2.05, 4.69) is 9.80 Å². The molecule has 0 aromatic heterocycles. The molecule has 0 spiro atoms. The monoisotopic (exact) mass is 344 g/mol. The lowest BCUT2D eigenvalue weighted by molar-refractivity contribution is 0.104. The molecule has 25 heavy (non-hydrogen) atoms. The minimum absolute atomic E-state index is 0.0487. The minimum Gasteiger partial charge on any atom is -0.373 e. The Morgan fingerprint density at radius 1 is 1.04 bits per heavy atom. The van der Waals surface area contributed by atoms with Gasteiger partial charge in [0.05, 0.1) is 0 Å². The van der Waals surface area contributed by atoms with Crippen LogP contribution in [0.2, 0.25) is 0 Å². The molecule has 0 fully saturated rings. The third-order valence-corrected chi connectivity index (χ3v) is 3.83. The Hall–Kier alpha value is -2.53. The van der Waals surface area contributed by atoms with Crippen molar-refractivity contribution in [3.8, 4) is 0 Å². The van der Waals surface area contributed by atoms with Crippen LogP contribution in [0.25, 0.3) is 6.08 Å². The summed E-state index contributed by atoms with van der Waals surface area (Å²) in [6.45, 7) is 1.72. The van der Waals surface area contributed by atoms with E-state index >= 15 is 0 Å². The van der Waals surface area contributed by atoms with Gasteiger partial charge in [0.2, 0.25) is 0 Å². The predicted octanol–water partition coefficient (Wildman–Crippen LogP) is 3.86. The van der Waals surface area contributed by atoms with E-state index in [0.29, 0.717) is 5.56 Å². The smallest absolute Gasteiger partial charge is 0.185 e. The Kier molecular flexibility index (Phi) is 6.42. The average Bonchev–Trinajstić information content (AvgIpc) is 2.60. The summed E-state index contributed by atoms with van der Waals surface area (Å²) in [6.07, 6.45) is 2.56. The maximum Gasteiger partial charge on any atom is 0.185 e. The number of nitrogens with zero attached hydrogens (tertiary/aromatic N) is 2. The van der Waals surface area contributed by atoms with Crippen LogP contribution < -0.4 is 4.90 Å². The highest BCUT2D eigenvalue weighted by atomic mass is 19.1. The predicted molar refractivity (Wildman–Crippen MR) is 98.0 cm³/mol. The molecule has 5 heteroatoms. The first-order chi connectivity index (χ1) is 11.9. The van der Waals surface area contributed by atoms with Crippen molar-refractivity contribution in [3.05, 3.63) is 71.3 Å². The second-order valence-corrected chi connectivity index (χ2v) is 6.14. The maximum atomic E-state index is 13.6. The minimum atomic E-state index is -0.567. The molecule has 0 N–H and O–H groups in total. The Morgan fingerprint density at radius 3 is 2.52 bits per heavy atom. The molecule has 0 unspecified atom stereocenters. The normalized spacial score (nSPS) is 11.3. The van der Waals surface area contributed by atoms with Crippen molar-refractivity contribution in [1.82, 2.24) is 4.90 Å². The summed E-state index contributed by atoms with van der Waals surface area (Å²) >= 11 is 0. The van der Waals surface area contributed by atoms with Crippen LogP contribution in [0.1, 0.15) is 15.9 Å². The second-order valence-electron chi connectivity index (χ2n) is 6.14. The number of hydrogen-bond acceptors (Lipinski definition) is 3. The lowest BCUT2D eigenvalue weighted by atomic mass is 10.1. The molecule has 0 heterocycles. The molecular formula is C20H22F2N2O. The number of carbonyl (C=O) groups is 1. The van der Waals surface area contributed by atoms with Gasteiger partial charge in [0.1, 0.15) is 11.6 Å². The van der Waals surface area contributed by atoms with Crippen molar-refractivity contribution in [2.24, 2.45) is 0 Å². The van der Waals surface area contributed by atoms with E-state index in [1.165, 1.54) is 12.2 Å². The third kappa shape index (κ3) is 5.50. The van der Waals surface area contributed by atoms with Crippen LogP contribution in [0.3, 0.4) is 0 Å². The van der Waals surface area contributed by atoms with Crippen LogP contribution in [0.15, 0.2) is 48.5 Å². The van der Waals surface area contributed by atoms with Crippen LogP contribution in [0, 0.1) is 11.6 Å². The van der Waals surface area contributed by atoms with Gasteiger partial charge < -0.3 is 9.80 Å². The molecule has 0 aliphatic rings. The zero-order chi connectivity index (χ0) is 18.4. The number of halogens is 2. The van der Waals surface area contributed by atoms with Gasteiger partial charge in [0.25, 0.3) is 0 Å². The van der Waals surface area contributed by atoms with Gasteiger partial charge in [0, 0.05) is 37.0 Å². The summed E-state index contributed by atoms with van der Waals surface area (Å²) < 4.78 is 26.8. The molecule has 0 saturated heterocycles. The molecule has 0 bridgehead atoms. The SMILES string of the molecule is CN(C)CCN(C)c1cccc(C(=O)C=Cc2cc(F)ccc2F)c1. The highest BCUT2D eigenvalue weighted by molar-refractivity contribution is 6.07. The fourth-order valence-electron chi connectivity index (χ4n) is 2.28. The topological polar surface area (TPSA) is 23.6 Å². The van der Waals surface area contributed by atoms with Gasteiger partial charge in [-0.15, -0.1) is 0 Å². The number of anilines is 1. The van der Waals surface area contributed by atoms with Gasteiger partial charge in [0.15, 0.2) is 5.78 Å². The molecule has 0 radical (unpaired) electrons. The third-order valence-electron chi connectivity index (χ3n) is 3.83. The molecule has 0 atom stereocenters. The maximum absolute atomic E-state index is 13.6. The Bertz CT molecular complexity index is 772. The number of hydrogen-bond donors (Lipinski definition) is 0. The molecule has 2 aromatic carbocycles.